The number of pyridine rings is 1. The first-order valence-electron chi connectivity index (χ1n) is 9.20. The molecule has 0 atom stereocenters. The van der Waals surface area contributed by atoms with Crippen LogP contribution in [0.3, 0.4) is 0 Å². The number of carbonyl (C=O) groups excluding carboxylic acids is 2. The van der Waals surface area contributed by atoms with Crippen molar-refractivity contribution in [3.05, 3.63) is 28.0 Å². The number of aromatic nitrogens is 1. The van der Waals surface area contributed by atoms with Crippen molar-refractivity contribution in [2.24, 2.45) is 11.8 Å². The number of nitrogens with zero attached hydrogens (tertiary/aromatic N) is 1. The second kappa shape index (κ2) is 9.60. The van der Waals surface area contributed by atoms with E-state index in [-0.39, 0.29) is 22.3 Å². The fourth-order valence-electron chi connectivity index (χ4n) is 3.12. The molecule has 1 heterocycles. The lowest BCUT2D eigenvalue weighted by Crippen LogP contribution is -2.37. The predicted octanol–water partition coefficient (Wildman–Crippen LogP) is 4.45. The van der Waals surface area contributed by atoms with Gasteiger partial charge in [-0.15, -0.1) is 0 Å². The van der Waals surface area contributed by atoms with E-state index in [0.29, 0.717) is 30.5 Å². The normalized spacial score (nSPS) is 20.0. The van der Waals surface area contributed by atoms with Crippen LogP contribution < -0.4 is 10.6 Å². The maximum Gasteiger partial charge on any atom is 0.407 e. The van der Waals surface area contributed by atoms with E-state index in [9.17, 15) is 9.59 Å². The quantitative estimate of drug-likeness (QED) is 0.695. The molecule has 1 aromatic rings. The van der Waals surface area contributed by atoms with Crippen LogP contribution in [-0.2, 0) is 4.74 Å². The summed E-state index contributed by atoms with van der Waals surface area (Å²) in [5, 5.41) is 6.18. The summed E-state index contributed by atoms with van der Waals surface area (Å²) >= 11 is 11.7. The van der Waals surface area contributed by atoms with Crippen LogP contribution in [0.4, 0.5) is 4.79 Å². The van der Waals surface area contributed by atoms with E-state index in [1.54, 1.807) is 0 Å². The largest absolute Gasteiger partial charge is 0.444 e. The zero-order chi connectivity index (χ0) is 20.0. The molecule has 27 heavy (non-hydrogen) atoms. The minimum absolute atomic E-state index is 0.199. The molecule has 0 aromatic carbocycles. The van der Waals surface area contributed by atoms with Gasteiger partial charge in [0.2, 0.25) is 0 Å². The van der Waals surface area contributed by atoms with Gasteiger partial charge in [0.25, 0.3) is 5.91 Å². The molecule has 0 spiro atoms. The van der Waals surface area contributed by atoms with Gasteiger partial charge in [0.15, 0.2) is 0 Å². The Morgan fingerprint density at radius 1 is 1.04 bits per heavy atom. The number of hydrogen-bond donors (Lipinski definition) is 2. The molecule has 0 aliphatic heterocycles. The molecule has 8 heteroatoms. The maximum atomic E-state index is 12.2. The molecule has 0 saturated heterocycles. The SMILES string of the molecule is CC(C)(C)OC(=O)NCC1CCC(CNC(=O)c2cc(Cl)nc(Cl)c2)CC1. The first-order chi connectivity index (χ1) is 12.6. The van der Waals surface area contributed by atoms with Gasteiger partial charge in [0.1, 0.15) is 15.9 Å². The number of carbonyl (C=O) groups is 2. The van der Waals surface area contributed by atoms with Gasteiger partial charge in [-0.2, -0.15) is 0 Å². The number of hydrogen-bond acceptors (Lipinski definition) is 4. The molecule has 2 amide bonds. The molecular formula is C19H27Cl2N3O3. The molecule has 2 rings (SSSR count). The molecule has 1 aromatic heterocycles. The van der Waals surface area contributed by atoms with Crippen molar-refractivity contribution in [3.8, 4) is 0 Å². The number of halogens is 2. The molecule has 6 nitrogen and oxygen atoms in total. The zero-order valence-corrected chi connectivity index (χ0v) is 17.5. The van der Waals surface area contributed by atoms with Gasteiger partial charge in [-0.3, -0.25) is 4.79 Å². The number of ether oxygens (including phenoxy) is 1. The fraction of sp³-hybridized carbons (Fsp3) is 0.632. The summed E-state index contributed by atoms with van der Waals surface area (Å²) in [5.74, 6) is 0.678. The van der Waals surface area contributed by atoms with Gasteiger partial charge in [-0.1, -0.05) is 23.2 Å². The highest BCUT2D eigenvalue weighted by Gasteiger charge is 2.23. The summed E-state index contributed by atoms with van der Waals surface area (Å²) in [6, 6.07) is 3.00. The Balaban J connectivity index is 1.68. The van der Waals surface area contributed by atoms with Crippen molar-refractivity contribution in [2.45, 2.75) is 52.1 Å². The third kappa shape index (κ3) is 7.93. The summed E-state index contributed by atoms with van der Waals surface area (Å²) in [6.07, 6.45) is 3.69. The average Bonchev–Trinajstić information content (AvgIpc) is 2.56. The standard InChI is InChI=1S/C19H27Cl2N3O3/c1-19(2,3)27-18(26)23-11-13-6-4-12(5-7-13)10-22-17(25)14-8-15(20)24-16(21)9-14/h8-9,12-13H,4-7,10-11H2,1-3H3,(H,22,25)(H,23,26). The van der Waals surface area contributed by atoms with Crippen molar-refractivity contribution in [2.75, 3.05) is 13.1 Å². The van der Waals surface area contributed by atoms with Crippen LogP contribution in [0.25, 0.3) is 0 Å². The van der Waals surface area contributed by atoms with Crippen LogP contribution >= 0.6 is 23.2 Å². The Morgan fingerprint density at radius 3 is 2.00 bits per heavy atom. The molecular weight excluding hydrogens is 389 g/mol. The molecule has 2 N–H and O–H groups in total. The Labute approximate surface area is 170 Å². The highest BCUT2D eigenvalue weighted by molar-refractivity contribution is 6.33. The van der Waals surface area contributed by atoms with Crippen LogP contribution in [0.2, 0.25) is 10.3 Å². The Hall–Kier alpha value is -1.53. The third-order valence-electron chi connectivity index (χ3n) is 4.48. The van der Waals surface area contributed by atoms with Gasteiger partial charge < -0.3 is 15.4 Å². The minimum atomic E-state index is -0.483. The van der Waals surface area contributed by atoms with E-state index in [1.807, 2.05) is 20.8 Å². The highest BCUT2D eigenvalue weighted by Crippen LogP contribution is 2.28. The number of alkyl carbamates (subject to hydrolysis) is 1. The average molecular weight is 416 g/mol. The Morgan fingerprint density at radius 2 is 1.52 bits per heavy atom. The summed E-state index contributed by atoms with van der Waals surface area (Å²) in [4.78, 5) is 27.8. The molecule has 0 bridgehead atoms. The van der Waals surface area contributed by atoms with Crippen molar-refractivity contribution < 1.29 is 14.3 Å². The highest BCUT2D eigenvalue weighted by atomic mass is 35.5. The fourth-order valence-corrected chi connectivity index (χ4v) is 3.58. The second-order valence-electron chi connectivity index (χ2n) is 7.98. The topological polar surface area (TPSA) is 80.3 Å². The van der Waals surface area contributed by atoms with Gasteiger partial charge in [-0.05, 0) is 70.4 Å². The summed E-state index contributed by atoms with van der Waals surface area (Å²) < 4.78 is 5.25. The van der Waals surface area contributed by atoms with E-state index in [0.717, 1.165) is 25.7 Å². The van der Waals surface area contributed by atoms with Gasteiger partial charge in [0.05, 0.1) is 0 Å². The van der Waals surface area contributed by atoms with E-state index < -0.39 is 5.60 Å². The zero-order valence-electron chi connectivity index (χ0n) is 16.0. The molecule has 1 saturated carbocycles. The Bertz CT molecular complexity index is 648. The van der Waals surface area contributed by atoms with Crippen LogP contribution in [0.15, 0.2) is 12.1 Å². The van der Waals surface area contributed by atoms with Crippen molar-refractivity contribution in [1.29, 1.82) is 0 Å². The van der Waals surface area contributed by atoms with Crippen LogP contribution in [0.1, 0.15) is 56.8 Å². The second-order valence-corrected chi connectivity index (χ2v) is 8.76. The van der Waals surface area contributed by atoms with Gasteiger partial charge in [-0.25, -0.2) is 9.78 Å². The lowest BCUT2D eigenvalue weighted by molar-refractivity contribution is 0.0512. The van der Waals surface area contributed by atoms with E-state index in [2.05, 4.69) is 15.6 Å². The third-order valence-corrected chi connectivity index (χ3v) is 4.86. The van der Waals surface area contributed by atoms with Crippen LogP contribution in [0.5, 0.6) is 0 Å². The van der Waals surface area contributed by atoms with Gasteiger partial charge >= 0.3 is 6.09 Å². The summed E-state index contributed by atoms with van der Waals surface area (Å²) in [6.45, 7) is 6.78. The molecule has 150 valence electrons. The van der Waals surface area contributed by atoms with E-state index >= 15 is 0 Å². The van der Waals surface area contributed by atoms with Crippen LogP contribution in [-0.4, -0.2) is 35.7 Å². The summed E-state index contributed by atoms with van der Waals surface area (Å²) in [7, 11) is 0. The number of nitrogens with one attached hydrogen (secondary N) is 2. The minimum Gasteiger partial charge on any atom is -0.444 e. The lowest BCUT2D eigenvalue weighted by Gasteiger charge is -2.29. The number of amides is 2. The Kier molecular flexibility index (Phi) is 7.74. The van der Waals surface area contributed by atoms with Crippen molar-refractivity contribution >= 4 is 35.2 Å². The smallest absolute Gasteiger partial charge is 0.407 e. The molecule has 0 unspecified atom stereocenters. The first-order valence-corrected chi connectivity index (χ1v) is 9.96. The van der Waals surface area contributed by atoms with E-state index in [4.69, 9.17) is 27.9 Å². The van der Waals surface area contributed by atoms with E-state index in [1.165, 1.54) is 12.1 Å². The van der Waals surface area contributed by atoms with Gasteiger partial charge in [0, 0.05) is 18.7 Å². The van der Waals surface area contributed by atoms with Crippen LogP contribution in [0, 0.1) is 11.8 Å². The molecule has 1 aliphatic carbocycles. The summed E-state index contributed by atoms with van der Waals surface area (Å²) in [5.41, 5.74) is -0.0706. The lowest BCUT2D eigenvalue weighted by atomic mass is 9.82. The van der Waals surface area contributed by atoms with Crippen molar-refractivity contribution in [3.63, 3.8) is 0 Å². The molecule has 1 aliphatic rings. The monoisotopic (exact) mass is 415 g/mol. The number of rotatable bonds is 5. The molecule has 1 fully saturated rings. The van der Waals surface area contributed by atoms with Crippen molar-refractivity contribution in [1.82, 2.24) is 15.6 Å². The first kappa shape index (κ1) is 21.8. The maximum absolute atomic E-state index is 12.2. The molecule has 0 radical (unpaired) electrons. The predicted molar refractivity (Wildman–Crippen MR) is 106 cm³/mol.